The molecule has 2 rings (SSSR count). The molecule has 0 aliphatic carbocycles. The van der Waals surface area contributed by atoms with Gasteiger partial charge >= 0.3 is 0 Å². The summed E-state index contributed by atoms with van der Waals surface area (Å²) in [7, 11) is -3.56. The summed E-state index contributed by atoms with van der Waals surface area (Å²) in [5, 5.41) is 10.7. The third-order valence-electron chi connectivity index (χ3n) is 3.76. The average Bonchev–Trinajstić information content (AvgIpc) is 2.59. The van der Waals surface area contributed by atoms with Crippen molar-refractivity contribution in [1.29, 1.82) is 0 Å². The van der Waals surface area contributed by atoms with Gasteiger partial charge in [-0.1, -0.05) is 42.5 Å². The first kappa shape index (κ1) is 19.0. The normalized spacial score (nSPS) is 11.6. The fourth-order valence-corrected chi connectivity index (χ4v) is 4.00. The predicted octanol–water partition coefficient (Wildman–Crippen LogP) is 1.93. The maximum Gasteiger partial charge on any atom is 0.269 e. The van der Waals surface area contributed by atoms with Gasteiger partial charge in [0.1, 0.15) is 0 Å². The van der Waals surface area contributed by atoms with E-state index in [-0.39, 0.29) is 24.5 Å². The fraction of sp³-hybridized carbons (Fsp3) is 0.294. The van der Waals surface area contributed by atoms with E-state index in [4.69, 9.17) is 5.73 Å². The summed E-state index contributed by atoms with van der Waals surface area (Å²) in [6.07, 6.45) is 0.598. The van der Waals surface area contributed by atoms with E-state index < -0.39 is 14.9 Å². The highest BCUT2D eigenvalue weighted by Crippen LogP contribution is 2.16. The van der Waals surface area contributed by atoms with Crippen molar-refractivity contribution in [2.75, 3.05) is 19.6 Å². The van der Waals surface area contributed by atoms with Gasteiger partial charge in [-0.3, -0.25) is 10.1 Å². The van der Waals surface area contributed by atoms with Gasteiger partial charge in [-0.05, 0) is 17.5 Å². The van der Waals surface area contributed by atoms with Gasteiger partial charge in [-0.2, -0.15) is 0 Å². The molecule has 2 aromatic carbocycles. The Kier molecular flexibility index (Phi) is 6.63. The highest BCUT2D eigenvalue weighted by Gasteiger charge is 2.22. The van der Waals surface area contributed by atoms with Crippen molar-refractivity contribution in [2.45, 2.75) is 12.2 Å². The third kappa shape index (κ3) is 5.63. The van der Waals surface area contributed by atoms with Gasteiger partial charge in [0.05, 0.1) is 10.7 Å². The van der Waals surface area contributed by atoms with E-state index in [0.29, 0.717) is 18.5 Å². The largest absolute Gasteiger partial charge is 0.329 e. The molecule has 0 radical (unpaired) electrons. The topological polar surface area (TPSA) is 107 Å². The second kappa shape index (κ2) is 8.70. The smallest absolute Gasteiger partial charge is 0.269 e. The summed E-state index contributed by atoms with van der Waals surface area (Å²) in [5.41, 5.74) is 7.05. The Hall–Kier alpha value is -2.29. The molecule has 7 nitrogen and oxygen atoms in total. The van der Waals surface area contributed by atoms with Crippen LogP contribution in [0.3, 0.4) is 0 Å². The zero-order valence-electron chi connectivity index (χ0n) is 13.7. The first-order valence-electron chi connectivity index (χ1n) is 7.87. The first-order chi connectivity index (χ1) is 11.9. The second-order valence-electron chi connectivity index (χ2n) is 5.60. The van der Waals surface area contributed by atoms with Crippen molar-refractivity contribution in [3.8, 4) is 0 Å². The molecular weight excluding hydrogens is 342 g/mol. The van der Waals surface area contributed by atoms with E-state index in [1.54, 1.807) is 0 Å². The van der Waals surface area contributed by atoms with Crippen LogP contribution in [0.1, 0.15) is 11.1 Å². The van der Waals surface area contributed by atoms with Crippen LogP contribution in [0.2, 0.25) is 0 Å². The lowest BCUT2D eigenvalue weighted by molar-refractivity contribution is -0.384. The van der Waals surface area contributed by atoms with E-state index in [0.717, 1.165) is 5.56 Å². The molecule has 0 atom stereocenters. The molecule has 2 aromatic rings. The number of nitro groups is 1. The second-order valence-corrected chi connectivity index (χ2v) is 7.57. The SMILES string of the molecule is NCCN(CCc1ccccc1)S(=O)(=O)Cc1ccc([N+](=O)[O-])cc1. The van der Waals surface area contributed by atoms with Gasteiger partial charge in [0, 0.05) is 31.8 Å². The van der Waals surface area contributed by atoms with Crippen LogP contribution in [0, 0.1) is 10.1 Å². The molecule has 25 heavy (non-hydrogen) atoms. The van der Waals surface area contributed by atoms with Crippen LogP contribution in [-0.4, -0.2) is 37.3 Å². The maximum absolute atomic E-state index is 12.7. The number of non-ortho nitro benzene ring substituents is 1. The summed E-state index contributed by atoms with van der Waals surface area (Å²) >= 11 is 0. The van der Waals surface area contributed by atoms with Crippen LogP contribution >= 0.6 is 0 Å². The van der Waals surface area contributed by atoms with Crippen molar-refractivity contribution in [3.05, 3.63) is 75.8 Å². The van der Waals surface area contributed by atoms with Gasteiger partial charge in [0.2, 0.25) is 10.0 Å². The van der Waals surface area contributed by atoms with Gasteiger partial charge in [-0.15, -0.1) is 0 Å². The highest BCUT2D eigenvalue weighted by molar-refractivity contribution is 7.88. The van der Waals surface area contributed by atoms with E-state index in [1.165, 1.54) is 28.6 Å². The molecule has 0 saturated carbocycles. The summed E-state index contributed by atoms with van der Waals surface area (Å²) in [4.78, 5) is 10.2. The van der Waals surface area contributed by atoms with Crippen LogP contribution in [0.15, 0.2) is 54.6 Å². The monoisotopic (exact) mass is 363 g/mol. The molecular formula is C17H21N3O4S. The summed E-state index contributed by atoms with van der Waals surface area (Å²) in [6.45, 7) is 0.812. The van der Waals surface area contributed by atoms with Crippen molar-refractivity contribution in [2.24, 2.45) is 5.73 Å². The van der Waals surface area contributed by atoms with E-state index in [2.05, 4.69) is 0 Å². The van der Waals surface area contributed by atoms with Gasteiger partial charge < -0.3 is 5.73 Å². The molecule has 0 saturated heterocycles. The Balaban J connectivity index is 2.08. The van der Waals surface area contributed by atoms with Crippen LogP contribution in [0.4, 0.5) is 5.69 Å². The van der Waals surface area contributed by atoms with Crippen molar-refractivity contribution in [3.63, 3.8) is 0 Å². The number of nitro benzene ring substituents is 1. The van der Waals surface area contributed by atoms with Gasteiger partial charge in [-0.25, -0.2) is 12.7 Å². The lowest BCUT2D eigenvalue weighted by atomic mass is 10.1. The molecule has 134 valence electrons. The van der Waals surface area contributed by atoms with Crippen molar-refractivity contribution >= 4 is 15.7 Å². The molecule has 0 aliphatic heterocycles. The van der Waals surface area contributed by atoms with Gasteiger partial charge in [0.25, 0.3) is 5.69 Å². The van der Waals surface area contributed by atoms with Crippen molar-refractivity contribution in [1.82, 2.24) is 4.31 Å². The maximum atomic E-state index is 12.7. The summed E-state index contributed by atoms with van der Waals surface area (Å²) in [6, 6.07) is 15.2. The number of hydrogen-bond donors (Lipinski definition) is 1. The zero-order valence-corrected chi connectivity index (χ0v) is 14.6. The molecule has 0 spiro atoms. The number of benzene rings is 2. The Bertz CT molecular complexity index is 792. The quantitative estimate of drug-likeness (QED) is 0.541. The number of rotatable bonds is 9. The Morgan fingerprint density at radius 1 is 0.960 bits per heavy atom. The minimum absolute atomic E-state index is 0.0657. The lowest BCUT2D eigenvalue weighted by Crippen LogP contribution is -2.37. The van der Waals surface area contributed by atoms with Gasteiger partial charge in [0.15, 0.2) is 0 Å². The van der Waals surface area contributed by atoms with E-state index in [9.17, 15) is 18.5 Å². The predicted molar refractivity (Wildman–Crippen MR) is 96.5 cm³/mol. The molecule has 0 fully saturated rings. The number of hydrogen-bond acceptors (Lipinski definition) is 5. The lowest BCUT2D eigenvalue weighted by Gasteiger charge is -2.21. The minimum Gasteiger partial charge on any atom is -0.329 e. The average molecular weight is 363 g/mol. The van der Waals surface area contributed by atoms with Crippen LogP contribution < -0.4 is 5.73 Å². The first-order valence-corrected chi connectivity index (χ1v) is 9.48. The molecule has 0 aromatic heterocycles. The molecule has 0 amide bonds. The van der Waals surface area contributed by atoms with E-state index >= 15 is 0 Å². The fourth-order valence-electron chi connectivity index (χ4n) is 2.45. The number of sulfonamides is 1. The highest BCUT2D eigenvalue weighted by atomic mass is 32.2. The molecule has 0 unspecified atom stereocenters. The molecule has 0 bridgehead atoms. The molecule has 0 heterocycles. The number of nitrogens with two attached hydrogens (primary N) is 1. The number of nitrogens with zero attached hydrogens (tertiary/aromatic N) is 2. The van der Waals surface area contributed by atoms with Crippen LogP contribution in [0.25, 0.3) is 0 Å². The Labute approximate surface area is 147 Å². The Morgan fingerprint density at radius 3 is 2.16 bits per heavy atom. The van der Waals surface area contributed by atoms with Crippen LogP contribution in [0.5, 0.6) is 0 Å². The summed E-state index contributed by atoms with van der Waals surface area (Å²) in [5.74, 6) is -0.209. The molecule has 2 N–H and O–H groups in total. The van der Waals surface area contributed by atoms with E-state index in [1.807, 2.05) is 30.3 Å². The van der Waals surface area contributed by atoms with Crippen molar-refractivity contribution < 1.29 is 13.3 Å². The minimum atomic E-state index is -3.56. The third-order valence-corrected chi connectivity index (χ3v) is 5.61. The molecule has 0 aliphatic rings. The Morgan fingerprint density at radius 2 is 1.60 bits per heavy atom. The summed E-state index contributed by atoms with van der Waals surface area (Å²) < 4.78 is 26.7. The van der Waals surface area contributed by atoms with Crippen LogP contribution in [-0.2, 0) is 22.2 Å². The standard InChI is InChI=1S/C17H21N3O4S/c18-11-13-19(12-10-15-4-2-1-3-5-15)25(23,24)14-16-6-8-17(9-7-16)20(21)22/h1-9H,10-14,18H2. The molecule has 8 heteroatoms. The zero-order chi connectivity index (χ0) is 18.3.